The largest absolute Gasteiger partial charge is 0.463 e. The standard InChI is InChI=1S/3C19H18O3/c3*1-10-9-22-18-12-6-7-13-11(5-4-8-19(13,2)3)15(12)17(21)16(20)14(10)18/h3*6-7,9H,4-5,8H2,1-3H3. The van der Waals surface area contributed by atoms with Crippen LogP contribution in [0.5, 0.6) is 0 Å². The van der Waals surface area contributed by atoms with Crippen molar-refractivity contribution in [2.45, 2.75) is 136 Å². The van der Waals surface area contributed by atoms with Gasteiger partial charge in [-0.1, -0.05) is 77.9 Å². The van der Waals surface area contributed by atoms with Gasteiger partial charge in [-0.2, -0.15) is 0 Å². The van der Waals surface area contributed by atoms with Crippen molar-refractivity contribution in [3.8, 4) is 34.0 Å². The molecule has 3 heterocycles. The summed E-state index contributed by atoms with van der Waals surface area (Å²) >= 11 is 0. The Morgan fingerprint density at radius 3 is 0.864 bits per heavy atom. The molecule has 3 aromatic heterocycles. The molecular weight excluding hydrogens is 829 g/mol. The third-order valence-corrected chi connectivity index (χ3v) is 15.5. The molecule has 66 heavy (non-hydrogen) atoms. The van der Waals surface area contributed by atoms with Crippen LogP contribution in [0.4, 0.5) is 0 Å². The lowest BCUT2D eigenvalue weighted by Gasteiger charge is -2.34. The zero-order valence-corrected chi connectivity index (χ0v) is 39.2. The van der Waals surface area contributed by atoms with Gasteiger partial charge in [-0.25, -0.2) is 0 Å². The molecule has 0 atom stereocenters. The van der Waals surface area contributed by atoms with Crippen LogP contribution in [0.3, 0.4) is 0 Å². The topological polar surface area (TPSA) is 142 Å². The number of hydrogen-bond acceptors (Lipinski definition) is 9. The van der Waals surface area contributed by atoms with E-state index in [9.17, 15) is 28.8 Å². The van der Waals surface area contributed by atoms with Gasteiger partial charge in [-0.05, 0) is 145 Å². The van der Waals surface area contributed by atoms with Gasteiger partial charge >= 0.3 is 0 Å². The number of hydrogen-bond donors (Lipinski definition) is 0. The van der Waals surface area contributed by atoms with Crippen LogP contribution in [-0.4, -0.2) is 34.7 Å². The predicted molar refractivity (Wildman–Crippen MR) is 251 cm³/mol. The Hall–Kier alpha value is -6.48. The molecule has 3 aromatic carbocycles. The Morgan fingerprint density at radius 2 is 0.606 bits per heavy atom. The Bertz CT molecular complexity index is 2850. The van der Waals surface area contributed by atoms with Gasteiger partial charge in [-0.3, -0.25) is 28.8 Å². The molecule has 12 rings (SSSR count). The first-order valence-corrected chi connectivity index (χ1v) is 23.3. The van der Waals surface area contributed by atoms with Crippen molar-refractivity contribution < 1.29 is 42.0 Å². The van der Waals surface area contributed by atoms with E-state index in [1.165, 1.54) is 16.7 Å². The molecule has 0 bridgehead atoms. The smallest absolute Gasteiger partial charge is 0.237 e. The number of ketones is 6. The number of aryl methyl sites for hydroxylation is 3. The van der Waals surface area contributed by atoms with Gasteiger partial charge in [-0.15, -0.1) is 0 Å². The SMILES string of the molecule is Cc1coc2c1C(=O)C(=O)c1c-2ccc2c1CCCC2(C)C.Cc1coc2c1C(=O)C(=O)c1c-2ccc2c1CCCC2(C)C.Cc1coc2c1C(=O)C(=O)c1c-2ccc2c1CCCC2(C)C. The van der Waals surface area contributed by atoms with E-state index in [0.717, 1.165) is 108 Å². The first-order valence-electron chi connectivity index (χ1n) is 23.3. The maximum absolute atomic E-state index is 12.7. The molecule has 0 saturated heterocycles. The van der Waals surface area contributed by atoms with Crippen LogP contribution in [0.15, 0.2) is 68.4 Å². The molecule has 6 aliphatic rings. The van der Waals surface area contributed by atoms with Crippen LogP contribution in [0.1, 0.15) is 192 Å². The lowest BCUT2D eigenvalue weighted by atomic mass is 9.69. The van der Waals surface area contributed by atoms with Crippen LogP contribution < -0.4 is 0 Å². The minimum Gasteiger partial charge on any atom is -0.463 e. The number of fused-ring (bicyclic) bond motifs is 15. The van der Waals surface area contributed by atoms with E-state index in [1.54, 1.807) is 39.6 Å². The van der Waals surface area contributed by atoms with E-state index in [2.05, 4.69) is 59.7 Å². The van der Waals surface area contributed by atoms with Crippen molar-refractivity contribution in [3.63, 3.8) is 0 Å². The summed E-state index contributed by atoms with van der Waals surface area (Å²) in [5, 5.41) is 0. The zero-order chi connectivity index (χ0) is 46.9. The second kappa shape index (κ2) is 15.0. The van der Waals surface area contributed by atoms with Crippen LogP contribution in [0.2, 0.25) is 0 Å². The third kappa shape index (κ3) is 6.32. The number of carbonyl (C=O) groups excluding carboxylic acids is 6. The summed E-state index contributed by atoms with van der Waals surface area (Å²) in [6.07, 6.45) is 13.7. The Labute approximate surface area is 384 Å². The molecule has 0 unspecified atom stereocenters. The minimum atomic E-state index is -0.425. The molecule has 336 valence electrons. The van der Waals surface area contributed by atoms with Crippen LogP contribution in [0, 0.1) is 20.8 Å². The molecule has 6 aliphatic carbocycles. The van der Waals surface area contributed by atoms with Crippen LogP contribution in [-0.2, 0) is 35.5 Å². The molecule has 0 saturated carbocycles. The average molecular weight is 883 g/mol. The highest BCUT2D eigenvalue weighted by Gasteiger charge is 2.43. The van der Waals surface area contributed by atoms with Gasteiger partial charge in [0, 0.05) is 33.4 Å². The number of furan rings is 3. The van der Waals surface area contributed by atoms with E-state index in [-0.39, 0.29) is 33.6 Å². The fourth-order valence-electron chi connectivity index (χ4n) is 12.0. The van der Waals surface area contributed by atoms with Gasteiger partial charge in [0.05, 0.1) is 35.5 Å². The van der Waals surface area contributed by atoms with Crippen molar-refractivity contribution in [1.29, 1.82) is 0 Å². The number of carbonyl (C=O) groups is 6. The predicted octanol–water partition coefficient (Wildman–Crippen LogP) is 12.7. The summed E-state index contributed by atoms with van der Waals surface area (Å²) in [5.41, 5.74) is 14.5. The lowest BCUT2D eigenvalue weighted by molar-refractivity contribution is 0.0813. The average Bonchev–Trinajstić information content (AvgIpc) is 3.99. The molecular formula is C57H54O9. The van der Waals surface area contributed by atoms with Gasteiger partial charge < -0.3 is 13.3 Å². The molecule has 0 N–H and O–H groups in total. The van der Waals surface area contributed by atoms with Gasteiger partial charge in [0.25, 0.3) is 0 Å². The van der Waals surface area contributed by atoms with E-state index in [0.29, 0.717) is 50.7 Å². The lowest BCUT2D eigenvalue weighted by Crippen LogP contribution is -2.29. The van der Waals surface area contributed by atoms with E-state index >= 15 is 0 Å². The number of benzene rings is 3. The maximum Gasteiger partial charge on any atom is 0.237 e. The Balaban J connectivity index is 0.000000116. The highest BCUT2D eigenvalue weighted by atomic mass is 16.3. The van der Waals surface area contributed by atoms with Crippen molar-refractivity contribution in [1.82, 2.24) is 0 Å². The summed E-state index contributed by atoms with van der Waals surface area (Å²) in [7, 11) is 0. The minimum absolute atomic E-state index is 0.0469. The van der Waals surface area contributed by atoms with E-state index < -0.39 is 17.3 Å². The van der Waals surface area contributed by atoms with Gasteiger partial charge in [0.1, 0.15) is 17.3 Å². The van der Waals surface area contributed by atoms with Crippen molar-refractivity contribution in [2.75, 3.05) is 0 Å². The number of rotatable bonds is 0. The first kappa shape index (κ1) is 43.4. The molecule has 0 amide bonds. The fourth-order valence-corrected chi connectivity index (χ4v) is 12.0. The number of Topliss-reactive ketones (excluding diaryl/α,β-unsaturated/α-hetero) is 6. The molecule has 0 fully saturated rings. The molecule has 9 nitrogen and oxygen atoms in total. The second-order valence-corrected chi connectivity index (χ2v) is 21.1. The summed E-state index contributed by atoms with van der Waals surface area (Å²) in [5.74, 6) is -0.721. The molecule has 0 aliphatic heterocycles. The second-order valence-electron chi connectivity index (χ2n) is 21.1. The van der Waals surface area contributed by atoms with Crippen molar-refractivity contribution in [2.24, 2.45) is 0 Å². The normalized spacial score (nSPS) is 18.7. The highest BCUT2D eigenvalue weighted by molar-refractivity contribution is 6.54. The molecule has 0 spiro atoms. The van der Waals surface area contributed by atoms with Gasteiger partial charge in [0.2, 0.25) is 34.7 Å². The monoisotopic (exact) mass is 882 g/mol. The van der Waals surface area contributed by atoms with Crippen molar-refractivity contribution >= 4 is 34.7 Å². The van der Waals surface area contributed by atoms with Crippen LogP contribution >= 0.6 is 0 Å². The quantitative estimate of drug-likeness (QED) is 0.136. The third-order valence-electron chi connectivity index (χ3n) is 15.5. The Kier molecular flexibility index (Phi) is 9.88. The summed E-state index contributed by atoms with van der Waals surface area (Å²) in [4.78, 5) is 75.7. The maximum atomic E-state index is 12.7. The highest BCUT2D eigenvalue weighted by Crippen LogP contribution is 2.48. The summed E-state index contributed by atoms with van der Waals surface area (Å²) in [6, 6.07) is 12.2. The molecule has 6 aromatic rings. The molecule has 0 radical (unpaired) electrons. The first-order chi connectivity index (χ1) is 31.2. The van der Waals surface area contributed by atoms with E-state index in [4.69, 9.17) is 13.3 Å². The van der Waals surface area contributed by atoms with Gasteiger partial charge in [0.15, 0.2) is 0 Å². The summed E-state index contributed by atoms with van der Waals surface area (Å²) < 4.78 is 16.8. The summed E-state index contributed by atoms with van der Waals surface area (Å²) in [6.45, 7) is 18.6. The Morgan fingerprint density at radius 1 is 0.364 bits per heavy atom. The van der Waals surface area contributed by atoms with Crippen LogP contribution in [0.25, 0.3) is 34.0 Å². The van der Waals surface area contributed by atoms with E-state index in [1.807, 2.05) is 18.2 Å². The fraction of sp³-hybridized carbons (Fsp3) is 0.368. The zero-order valence-electron chi connectivity index (χ0n) is 39.2. The molecule has 9 heteroatoms. The van der Waals surface area contributed by atoms with Crippen molar-refractivity contribution in [3.05, 3.63) is 139 Å².